The van der Waals surface area contributed by atoms with Crippen molar-refractivity contribution in [1.82, 2.24) is 0 Å². The quantitative estimate of drug-likeness (QED) is 0.341. The number of halogens is 2. The number of benzene rings is 4. The van der Waals surface area contributed by atoms with Gasteiger partial charge in [0.05, 0.1) is 0 Å². The van der Waals surface area contributed by atoms with Gasteiger partial charge in [0.15, 0.2) is 0 Å². The molecule has 0 nitrogen and oxygen atoms in total. The van der Waals surface area contributed by atoms with Crippen molar-refractivity contribution in [2.75, 3.05) is 0 Å². The van der Waals surface area contributed by atoms with Crippen LogP contribution < -0.4 is 0 Å². The Hall–Kier alpha value is -3.52. The molecule has 0 radical (unpaired) electrons. The molecule has 0 amide bonds. The first kappa shape index (κ1) is 17.9. The summed E-state index contributed by atoms with van der Waals surface area (Å²) < 4.78 is 27.2. The van der Waals surface area contributed by atoms with Gasteiger partial charge in [0, 0.05) is 0 Å². The Morgan fingerprint density at radius 3 is 0.964 bits per heavy atom. The van der Waals surface area contributed by atoms with Gasteiger partial charge in [-0.3, -0.25) is 0 Å². The average molecular weight is 368 g/mol. The summed E-state index contributed by atoms with van der Waals surface area (Å²) in [4.78, 5) is 0. The summed E-state index contributed by atoms with van der Waals surface area (Å²) >= 11 is 0. The summed E-state index contributed by atoms with van der Waals surface area (Å²) in [5.41, 5.74) is 5.76. The molecule has 0 unspecified atom stereocenters. The Labute approximate surface area is 163 Å². The lowest BCUT2D eigenvalue weighted by Gasteiger charge is -2.18. The van der Waals surface area contributed by atoms with Crippen LogP contribution in [0.4, 0.5) is 8.78 Å². The van der Waals surface area contributed by atoms with E-state index < -0.39 is 0 Å². The number of hydrogen-bond acceptors (Lipinski definition) is 0. The van der Waals surface area contributed by atoms with E-state index in [1.165, 1.54) is 24.3 Å². The third-order valence-electron chi connectivity index (χ3n) is 4.64. The SMILES string of the molecule is Fc1ccc(C(=C(c2ccccc2)c2ccccc2)c2ccc(F)cc2)cc1. The molecule has 0 fully saturated rings. The molecule has 0 aliphatic heterocycles. The van der Waals surface area contributed by atoms with Gasteiger partial charge in [-0.2, -0.15) is 0 Å². The predicted octanol–water partition coefficient (Wildman–Crippen LogP) is 6.97. The molecule has 0 atom stereocenters. The van der Waals surface area contributed by atoms with Crippen molar-refractivity contribution in [1.29, 1.82) is 0 Å². The minimum atomic E-state index is -0.289. The van der Waals surface area contributed by atoms with Crippen molar-refractivity contribution in [2.45, 2.75) is 0 Å². The van der Waals surface area contributed by atoms with E-state index in [0.29, 0.717) is 0 Å². The lowest BCUT2D eigenvalue weighted by Crippen LogP contribution is -1.97. The highest BCUT2D eigenvalue weighted by molar-refractivity contribution is 6.04. The van der Waals surface area contributed by atoms with E-state index in [4.69, 9.17) is 0 Å². The molecule has 4 aromatic rings. The largest absolute Gasteiger partial charge is 0.207 e. The highest BCUT2D eigenvalue weighted by Gasteiger charge is 2.16. The lowest BCUT2D eigenvalue weighted by atomic mass is 9.86. The molecule has 0 saturated heterocycles. The minimum Gasteiger partial charge on any atom is -0.207 e. The van der Waals surface area contributed by atoms with Crippen LogP contribution in [0, 0.1) is 11.6 Å². The Morgan fingerprint density at radius 2 is 0.643 bits per heavy atom. The number of hydrogen-bond donors (Lipinski definition) is 0. The zero-order valence-corrected chi connectivity index (χ0v) is 15.1. The standard InChI is InChI=1S/C26H18F2/c27-23-15-11-21(12-16-23)26(22-13-17-24(28)18-14-22)25(19-7-3-1-4-8-19)20-9-5-2-6-10-20/h1-18H. The highest BCUT2D eigenvalue weighted by Crippen LogP contribution is 2.36. The van der Waals surface area contributed by atoms with Gasteiger partial charge in [0.2, 0.25) is 0 Å². The molecule has 0 bridgehead atoms. The normalized spacial score (nSPS) is 10.5. The maximum atomic E-state index is 13.6. The van der Waals surface area contributed by atoms with Crippen molar-refractivity contribution in [3.8, 4) is 0 Å². The van der Waals surface area contributed by atoms with Crippen molar-refractivity contribution in [2.24, 2.45) is 0 Å². The van der Waals surface area contributed by atoms with Crippen molar-refractivity contribution in [3.63, 3.8) is 0 Å². The maximum absolute atomic E-state index is 13.6. The van der Waals surface area contributed by atoms with E-state index in [0.717, 1.165) is 33.4 Å². The van der Waals surface area contributed by atoms with Crippen LogP contribution in [0.15, 0.2) is 109 Å². The minimum absolute atomic E-state index is 0.289. The van der Waals surface area contributed by atoms with Gasteiger partial charge in [0.25, 0.3) is 0 Å². The van der Waals surface area contributed by atoms with Crippen molar-refractivity contribution < 1.29 is 8.78 Å². The molecule has 0 aliphatic rings. The van der Waals surface area contributed by atoms with E-state index in [1.54, 1.807) is 24.3 Å². The summed E-state index contributed by atoms with van der Waals surface area (Å²) in [5.74, 6) is -0.577. The molecule has 136 valence electrons. The van der Waals surface area contributed by atoms with E-state index in [9.17, 15) is 8.78 Å². The third kappa shape index (κ3) is 3.77. The zero-order chi connectivity index (χ0) is 19.3. The van der Waals surface area contributed by atoms with Crippen LogP contribution >= 0.6 is 0 Å². The topological polar surface area (TPSA) is 0 Å². The second kappa shape index (κ2) is 8.01. The first-order valence-corrected chi connectivity index (χ1v) is 9.09. The summed E-state index contributed by atoms with van der Waals surface area (Å²) in [6.45, 7) is 0. The first-order chi connectivity index (χ1) is 13.7. The van der Waals surface area contributed by atoms with Crippen molar-refractivity contribution in [3.05, 3.63) is 143 Å². The molecule has 0 spiro atoms. The Morgan fingerprint density at radius 1 is 0.357 bits per heavy atom. The van der Waals surface area contributed by atoms with E-state index in [2.05, 4.69) is 24.3 Å². The molecular weight excluding hydrogens is 350 g/mol. The highest BCUT2D eigenvalue weighted by atomic mass is 19.1. The maximum Gasteiger partial charge on any atom is 0.123 e. The molecule has 4 rings (SSSR count). The van der Waals surface area contributed by atoms with Crippen LogP contribution in [-0.2, 0) is 0 Å². The molecular formula is C26H18F2. The molecule has 0 aliphatic carbocycles. The second-order valence-corrected chi connectivity index (χ2v) is 6.50. The van der Waals surface area contributed by atoms with Gasteiger partial charge in [-0.1, -0.05) is 84.9 Å². The second-order valence-electron chi connectivity index (χ2n) is 6.50. The molecule has 0 N–H and O–H groups in total. The van der Waals surface area contributed by atoms with Gasteiger partial charge in [-0.25, -0.2) is 8.78 Å². The fourth-order valence-electron chi connectivity index (χ4n) is 3.35. The van der Waals surface area contributed by atoms with Gasteiger partial charge < -0.3 is 0 Å². The smallest absolute Gasteiger partial charge is 0.123 e. The van der Waals surface area contributed by atoms with Crippen LogP contribution in [0.2, 0.25) is 0 Å². The summed E-state index contributed by atoms with van der Waals surface area (Å²) in [6, 6.07) is 33.0. The van der Waals surface area contributed by atoms with Crippen LogP contribution in [0.1, 0.15) is 22.3 Å². The van der Waals surface area contributed by atoms with Crippen LogP contribution in [0.5, 0.6) is 0 Å². The van der Waals surface area contributed by atoms with Gasteiger partial charge >= 0.3 is 0 Å². The zero-order valence-electron chi connectivity index (χ0n) is 15.1. The van der Waals surface area contributed by atoms with Crippen LogP contribution in [0.3, 0.4) is 0 Å². The summed E-state index contributed by atoms with van der Waals surface area (Å²) in [7, 11) is 0. The molecule has 0 aromatic heterocycles. The molecule has 0 saturated carbocycles. The average Bonchev–Trinajstić information content (AvgIpc) is 2.75. The summed E-state index contributed by atoms with van der Waals surface area (Å²) in [5, 5.41) is 0. The fraction of sp³-hybridized carbons (Fsp3) is 0. The molecule has 0 heterocycles. The van der Waals surface area contributed by atoms with Gasteiger partial charge in [-0.15, -0.1) is 0 Å². The third-order valence-corrected chi connectivity index (χ3v) is 4.64. The Kier molecular flexibility index (Phi) is 5.11. The Balaban J connectivity index is 2.08. The number of rotatable bonds is 4. The summed E-state index contributed by atoms with van der Waals surface area (Å²) in [6.07, 6.45) is 0. The first-order valence-electron chi connectivity index (χ1n) is 9.09. The van der Waals surface area contributed by atoms with E-state index in [1.807, 2.05) is 36.4 Å². The van der Waals surface area contributed by atoms with E-state index in [-0.39, 0.29) is 11.6 Å². The van der Waals surface area contributed by atoms with Crippen molar-refractivity contribution >= 4 is 11.1 Å². The monoisotopic (exact) mass is 368 g/mol. The van der Waals surface area contributed by atoms with Crippen LogP contribution in [0.25, 0.3) is 11.1 Å². The van der Waals surface area contributed by atoms with Crippen LogP contribution in [-0.4, -0.2) is 0 Å². The Bertz CT molecular complexity index is 990. The molecule has 2 heteroatoms. The molecule has 4 aromatic carbocycles. The fourth-order valence-corrected chi connectivity index (χ4v) is 3.35. The van der Waals surface area contributed by atoms with Gasteiger partial charge in [0.1, 0.15) is 11.6 Å². The van der Waals surface area contributed by atoms with Gasteiger partial charge in [-0.05, 0) is 57.7 Å². The lowest BCUT2D eigenvalue weighted by molar-refractivity contribution is 0.627. The predicted molar refractivity (Wildman–Crippen MR) is 111 cm³/mol. The van der Waals surface area contributed by atoms with E-state index >= 15 is 0 Å². The molecule has 28 heavy (non-hydrogen) atoms.